The van der Waals surface area contributed by atoms with Crippen LogP contribution in [0.25, 0.3) is 10.8 Å². The van der Waals surface area contributed by atoms with Gasteiger partial charge in [-0.1, -0.05) is 78.9 Å². The van der Waals surface area contributed by atoms with E-state index in [-0.39, 0.29) is 0 Å². The first-order valence-electron chi connectivity index (χ1n) is 6.99. The largest absolute Gasteiger partial charge is 0.313 e. The van der Waals surface area contributed by atoms with E-state index in [0.717, 1.165) is 21.4 Å². The van der Waals surface area contributed by atoms with Crippen molar-refractivity contribution in [2.45, 2.75) is 0 Å². The molecule has 0 aromatic heterocycles. The van der Waals surface area contributed by atoms with Crippen LogP contribution in [-0.4, -0.2) is 6.16 Å². The molecular weight excluding hydrogens is 275 g/mol. The molecule has 1 unspecified atom stereocenters. The van der Waals surface area contributed by atoms with Crippen molar-refractivity contribution in [3.05, 3.63) is 85.5 Å². The van der Waals surface area contributed by atoms with Crippen molar-refractivity contribution < 1.29 is 4.57 Å². The van der Waals surface area contributed by atoms with Crippen molar-refractivity contribution in [1.82, 2.24) is 0 Å². The molecule has 2 heteroatoms. The van der Waals surface area contributed by atoms with Gasteiger partial charge in [0.2, 0.25) is 0 Å². The Kier molecular flexibility index (Phi) is 3.77. The highest BCUT2D eigenvalue weighted by molar-refractivity contribution is 7.79. The van der Waals surface area contributed by atoms with Gasteiger partial charge in [-0.25, -0.2) is 0 Å². The van der Waals surface area contributed by atoms with Gasteiger partial charge >= 0.3 is 0 Å². The lowest BCUT2D eigenvalue weighted by atomic mass is 10.1. The maximum Gasteiger partial charge on any atom is 0.147 e. The molecule has 0 saturated heterocycles. The number of hydrogen-bond acceptors (Lipinski definition) is 1. The summed E-state index contributed by atoms with van der Waals surface area (Å²) in [5.41, 5.74) is 0. The second-order valence-corrected chi connectivity index (χ2v) is 7.89. The number of hydrogen-bond donors (Lipinski definition) is 0. The molecule has 1 nitrogen and oxygen atoms in total. The summed E-state index contributed by atoms with van der Waals surface area (Å²) in [7, 11) is -2.69. The summed E-state index contributed by atoms with van der Waals surface area (Å²) < 4.78 is 13.8. The topological polar surface area (TPSA) is 17.1 Å². The number of rotatable bonds is 4. The van der Waals surface area contributed by atoms with Crippen LogP contribution in [0.4, 0.5) is 0 Å². The SMILES string of the molecule is C=CCP(=O)(c1ccccc1)c1cccc2ccccc12. The molecule has 3 aromatic carbocycles. The molecule has 3 aromatic rings. The number of benzene rings is 3. The molecule has 0 aliphatic carbocycles. The molecular formula is C19H17OP. The van der Waals surface area contributed by atoms with E-state index in [1.807, 2.05) is 60.7 Å². The first-order valence-corrected chi connectivity index (χ1v) is 8.89. The van der Waals surface area contributed by atoms with Gasteiger partial charge in [0.1, 0.15) is 7.14 Å². The van der Waals surface area contributed by atoms with E-state index in [1.165, 1.54) is 0 Å². The maximum atomic E-state index is 13.8. The number of fused-ring (bicyclic) bond motifs is 1. The first kappa shape index (κ1) is 13.9. The van der Waals surface area contributed by atoms with Crippen LogP contribution in [0.3, 0.4) is 0 Å². The smallest absolute Gasteiger partial charge is 0.147 e. The predicted octanol–water partition coefficient (Wildman–Crippen LogP) is 4.34. The molecule has 0 heterocycles. The minimum Gasteiger partial charge on any atom is -0.313 e. The minimum absolute atomic E-state index is 0.477. The molecule has 0 bridgehead atoms. The van der Waals surface area contributed by atoms with Gasteiger partial charge in [0.25, 0.3) is 0 Å². The fourth-order valence-corrected chi connectivity index (χ4v) is 5.34. The van der Waals surface area contributed by atoms with Gasteiger partial charge in [0, 0.05) is 16.8 Å². The van der Waals surface area contributed by atoms with E-state index in [2.05, 4.69) is 18.7 Å². The Bertz CT molecular complexity index is 816. The average Bonchev–Trinajstić information content (AvgIpc) is 2.55. The Morgan fingerprint density at radius 3 is 2.29 bits per heavy atom. The van der Waals surface area contributed by atoms with Crippen LogP contribution < -0.4 is 10.6 Å². The second-order valence-electron chi connectivity index (χ2n) is 5.04. The molecule has 0 spiro atoms. The monoisotopic (exact) mass is 292 g/mol. The summed E-state index contributed by atoms with van der Waals surface area (Å²) in [5, 5.41) is 4.00. The highest BCUT2D eigenvalue weighted by Gasteiger charge is 2.27. The van der Waals surface area contributed by atoms with Crippen LogP contribution in [0.2, 0.25) is 0 Å². The Labute approximate surface area is 125 Å². The lowest BCUT2D eigenvalue weighted by Gasteiger charge is -2.19. The third-order valence-electron chi connectivity index (χ3n) is 3.72. The van der Waals surface area contributed by atoms with Crippen molar-refractivity contribution in [1.29, 1.82) is 0 Å². The summed E-state index contributed by atoms with van der Waals surface area (Å²) in [5.74, 6) is 0. The van der Waals surface area contributed by atoms with Crippen LogP contribution in [0.5, 0.6) is 0 Å². The van der Waals surface area contributed by atoms with Gasteiger partial charge in [-0.3, -0.25) is 0 Å². The van der Waals surface area contributed by atoms with Gasteiger partial charge in [0.15, 0.2) is 0 Å². The van der Waals surface area contributed by atoms with E-state index in [9.17, 15) is 4.57 Å². The Hall–Kier alpha value is -2.11. The van der Waals surface area contributed by atoms with E-state index in [1.54, 1.807) is 6.08 Å². The van der Waals surface area contributed by atoms with Crippen molar-refractivity contribution in [3.63, 3.8) is 0 Å². The summed E-state index contributed by atoms with van der Waals surface area (Å²) in [6, 6.07) is 23.9. The summed E-state index contributed by atoms with van der Waals surface area (Å²) in [6.45, 7) is 3.80. The molecule has 0 amide bonds. The average molecular weight is 292 g/mol. The zero-order valence-electron chi connectivity index (χ0n) is 11.8. The third kappa shape index (κ3) is 2.46. The fourth-order valence-electron chi connectivity index (χ4n) is 2.72. The molecule has 0 fully saturated rings. The van der Waals surface area contributed by atoms with Crippen molar-refractivity contribution in [3.8, 4) is 0 Å². The summed E-state index contributed by atoms with van der Waals surface area (Å²) >= 11 is 0. The standard InChI is InChI=1S/C19H17OP/c1-2-15-21(20,17-11-4-3-5-12-17)19-14-8-10-16-9-6-7-13-18(16)19/h2-14H,1,15H2. The normalized spacial score (nSPS) is 13.7. The molecule has 0 aliphatic heterocycles. The Morgan fingerprint density at radius 1 is 0.857 bits per heavy atom. The van der Waals surface area contributed by atoms with Gasteiger partial charge in [-0.05, 0) is 10.8 Å². The third-order valence-corrected chi connectivity index (χ3v) is 6.79. The molecule has 1 atom stereocenters. The van der Waals surface area contributed by atoms with E-state index in [0.29, 0.717) is 6.16 Å². The zero-order chi connectivity index (χ0) is 14.7. The Morgan fingerprint density at radius 2 is 1.52 bits per heavy atom. The lowest BCUT2D eigenvalue weighted by molar-refractivity contribution is 0.589. The van der Waals surface area contributed by atoms with Crippen LogP contribution in [0.15, 0.2) is 85.5 Å². The van der Waals surface area contributed by atoms with Crippen molar-refractivity contribution in [2.24, 2.45) is 0 Å². The van der Waals surface area contributed by atoms with Crippen LogP contribution >= 0.6 is 7.14 Å². The van der Waals surface area contributed by atoms with Crippen molar-refractivity contribution in [2.75, 3.05) is 6.16 Å². The lowest BCUT2D eigenvalue weighted by Crippen LogP contribution is -2.18. The highest BCUT2D eigenvalue weighted by Crippen LogP contribution is 2.45. The van der Waals surface area contributed by atoms with Crippen LogP contribution in [0.1, 0.15) is 0 Å². The molecule has 0 saturated carbocycles. The molecule has 0 radical (unpaired) electrons. The van der Waals surface area contributed by atoms with Crippen molar-refractivity contribution >= 4 is 28.5 Å². The fraction of sp³-hybridized carbons (Fsp3) is 0.0526. The van der Waals surface area contributed by atoms with Gasteiger partial charge in [-0.15, -0.1) is 6.58 Å². The van der Waals surface area contributed by atoms with E-state index >= 15 is 0 Å². The highest BCUT2D eigenvalue weighted by atomic mass is 31.2. The van der Waals surface area contributed by atoms with Crippen LogP contribution in [0, 0.1) is 0 Å². The summed E-state index contributed by atoms with van der Waals surface area (Å²) in [6.07, 6.45) is 2.24. The maximum absolute atomic E-state index is 13.8. The Balaban J connectivity index is 2.31. The van der Waals surface area contributed by atoms with E-state index in [4.69, 9.17) is 0 Å². The first-order chi connectivity index (χ1) is 10.3. The molecule has 21 heavy (non-hydrogen) atoms. The van der Waals surface area contributed by atoms with E-state index < -0.39 is 7.14 Å². The number of allylic oxidation sites excluding steroid dienone is 1. The molecule has 0 N–H and O–H groups in total. The molecule has 0 aliphatic rings. The second kappa shape index (κ2) is 5.71. The summed E-state index contributed by atoms with van der Waals surface area (Å²) in [4.78, 5) is 0. The van der Waals surface area contributed by atoms with Gasteiger partial charge < -0.3 is 4.57 Å². The van der Waals surface area contributed by atoms with Gasteiger partial charge in [0.05, 0.1) is 0 Å². The van der Waals surface area contributed by atoms with Crippen LogP contribution in [-0.2, 0) is 4.57 Å². The molecule has 3 rings (SSSR count). The minimum atomic E-state index is -2.69. The zero-order valence-corrected chi connectivity index (χ0v) is 12.7. The predicted molar refractivity (Wildman–Crippen MR) is 92.3 cm³/mol. The van der Waals surface area contributed by atoms with Gasteiger partial charge in [-0.2, -0.15) is 0 Å². The molecule has 104 valence electrons. The quantitative estimate of drug-likeness (QED) is 0.516.